The van der Waals surface area contributed by atoms with E-state index in [9.17, 15) is 18.3 Å². The molecule has 1 aliphatic carbocycles. The first-order valence-electron chi connectivity index (χ1n) is 8.65. The highest BCUT2D eigenvalue weighted by molar-refractivity contribution is 7.89. The predicted octanol–water partition coefficient (Wildman–Crippen LogP) is -0.484. The van der Waals surface area contributed by atoms with Crippen molar-refractivity contribution in [2.24, 2.45) is 0 Å². The molecule has 1 unspecified atom stereocenters. The SMILES string of the molecule is O=C(CCN1CCCS1(=O)=O)N[C@@H]1CCC[C@@H]1N1CCC(O)C1. The number of β-amino-alcohol motifs (C(OH)–C–C–N with tert-alkyl or cyclic N) is 1. The molecule has 2 saturated heterocycles. The fraction of sp³-hybridized carbons (Fsp3) is 0.933. The van der Waals surface area contributed by atoms with E-state index in [0.717, 1.165) is 32.2 Å². The molecule has 0 aromatic heterocycles. The molecular formula is C15H27N3O4S. The fourth-order valence-electron chi connectivity index (χ4n) is 4.06. The van der Waals surface area contributed by atoms with Crippen molar-refractivity contribution in [2.45, 2.75) is 56.7 Å². The first-order chi connectivity index (χ1) is 11.0. The summed E-state index contributed by atoms with van der Waals surface area (Å²) in [5, 5.41) is 12.8. The second-order valence-electron chi connectivity index (χ2n) is 6.93. The molecule has 3 rings (SSSR count). The van der Waals surface area contributed by atoms with E-state index in [1.54, 1.807) is 0 Å². The van der Waals surface area contributed by atoms with Gasteiger partial charge in [0.15, 0.2) is 0 Å². The number of sulfonamides is 1. The van der Waals surface area contributed by atoms with Crippen molar-refractivity contribution in [2.75, 3.05) is 31.9 Å². The van der Waals surface area contributed by atoms with Gasteiger partial charge in [-0.25, -0.2) is 12.7 Å². The Bertz CT molecular complexity index is 539. The lowest BCUT2D eigenvalue weighted by atomic mass is 10.1. The summed E-state index contributed by atoms with van der Waals surface area (Å²) in [4.78, 5) is 14.5. The van der Waals surface area contributed by atoms with Gasteiger partial charge >= 0.3 is 0 Å². The van der Waals surface area contributed by atoms with Crippen molar-refractivity contribution >= 4 is 15.9 Å². The molecule has 8 heteroatoms. The highest BCUT2D eigenvalue weighted by Crippen LogP contribution is 2.27. The minimum absolute atomic E-state index is 0.0660. The molecular weight excluding hydrogens is 318 g/mol. The zero-order valence-electron chi connectivity index (χ0n) is 13.5. The Morgan fingerprint density at radius 1 is 1.17 bits per heavy atom. The minimum atomic E-state index is -3.12. The Labute approximate surface area is 138 Å². The Balaban J connectivity index is 1.47. The highest BCUT2D eigenvalue weighted by atomic mass is 32.2. The van der Waals surface area contributed by atoms with Crippen LogP contribution in [0.15, 0.2) is 0 Å². The molecule has 23 heavy (non-hydrogen) atoms. The summed E-state index contributed by atoms with van der Waals surface area (Å²) < 4.78 is 24.9. The van der Waals surface area contributed by atoms with Crippen LogP contribution in [-0.4, -0.2) is 78.8 Å². The molecule has 7 nitrogen and oxygen atoms in total. The van der Waals surface area contributed by atoms with Crippen LogP contribution < -0.4 is 5.32 Å². The number of carbonyl (C=O) groups excluding carboxylic acids is 1. The topological polar surface area (TPSA) is 90.0 Å². The van der Waals surface area contributed by atoms with E-state index in [0.29, 0.717) is 25.6 Å². The third kappa shape index (κ3) is 4.04. The lowest BCUT2D eigenvalue weighted by Gasteiger charge is -2.30. The molecule has 2 aliphatic heterocycles. The summed E-state index contributed by atoms with van der Waals surface area (Å²) in [6.45, 7) is 2.41. The zero-order valence-corrected chi connectivity index (χ0v) is 14.3. The van der Waals surface area contributed by atoms with Crippen molar-refractivity contribution in [3.05, 3.63) is 0 Å². The van der Waals surface area contributed by atoms with Crippen LogP contribution in [0.4, 0.5) is 0 Å². The number of nitrogens with one attached hydrogen (secondary N) is 1. The predicted molar refractivity (Wildman–Crippen MR) is 86.4 cm³/mol. The Kier molecular flexibility index (Phi) is 5.25. The number of rotatable bonds is 5. The monoisotopic (exact) mass is 345 g/mol. The van der Waals surface area contributed by atoms with Crippen LogP contribution in [0.1, 0.15) is 38.5 Å². The van der Waals surface area contributed by atoms with Crippen LogP contribution in [-0.2, 0) is 14.8 Å². The fourth-order valence-corrected chi connectivity index (χ4v) is 5.59. The van der Waals surface area contributed by atoms with Crippen LogP contribution in [0.5, 0.6) is 0 Å². The molecule has 0 aromatic carbocycles. The average molecular weight is 345 g/mol. The molecule has 0 radical (unpaired) electrons. The number of hydrogen-bond acceptors (Lipinski definition) is 5. The largest absolute Gasteiger partial charge is 0.392 e. The number of carbonyl (C=O) groups is 1. The van der Waals surface area contributed by atoms with Crippen LogP contribution in [0.25, 0.3) is 0 Å². The van der Waals surface area contributed by atoms with E-state index in [-0.39, 0.29) is 36.8 Å². The van der Waals surface area contributed by atoms with E-state index < -0.39 is 10.0 Å². The normalized spacial score (nSPS) is 34.9. The number of aliphatic hydroxyl groups is 1. The molecule has 0 aromatic rings. The lowest BCUT2D eigenvalue weighted by molar-refractivity contribution is -0.122. The zero-order chi connectivity index (χ0) is 16.4. The van der Waals surface area contributed by atoms with Gasteiger partial charge in [0.2, 0.25) is 15.9 Å². The molecule has 132 valence electrons. The van der Waals surface area contributed by atoms with Crippen molar-refractivity contribution in [1.29, 1.82) is 0 Å². The molecule has 3 aliphatic rings. The van der Waals surface area contributed by atoms with Crippen molar-refractivity contribution < 1.29 is 18.3 Å². The maximum Gasteiger partial charge on any atom is 0.221 e. The van der Waals surface area contributed by atoms with Gasteiger partial charge in [-0.1, -0.05) is 0 Å². The highest BCUT2D eigenvalue weighted by Gasteiger charge is 2.36. The number of likely N-dealkylation sites (tertiary alicyclic amines) is 1. The van der Waals surface area contributed by atoms with E-state index in [2.05, 4.69) is 10.2 Å². The van der Waals surface area contributed by atoms with Crippen molar-refractivity contribution in [3.63, 3.8) is 0 Å². The van der Waals surface area contributed by atoms with Crippen LogP contribution in [0.2, 0.25) is 0 Å². The standard InChI is InChI=1S/C15H27N3O4S/c19-12-5-8-17(11-12)14-4-1-3-13(14)16-15(20)6-9-18-7-2-10-23(18,21)22/h12-14,19H,1-11H2,(H,16,20)/t12?,13-,14+/m1/s1. The third-order valence-corrected chi connectivity index (χ3v) is 7.24. The second kappa shape index (κ2) is 7.04. The molecule has 0 bridgehead atoms. The lowest BCUT2D eigenvalue weighted by Crippen LogP contribution is -2.48. The molecule has 2 heterocycles. The summed E-state index contributed by atoms with van der Waals surface area (Å²) in [6, 6.07) is 0.439. The molecule has 1 saturated carbocycles. The average Bonchev–Trinajstić information content (AvgIpc) is 3.17. The Morgan fingerprint density at radius 2 is 2.00 bits per heavy atom. The molecule has 3 fully saturated rings. The van der Waals surface area contributed by atoms with E-state index in [1.165, 1.54) is 4.31 Å². The maximum atomic E-state index is 12.2. The van der Waals surface area contributed by atoms with Gasteiger partial charge in [0.05, 0.1) is 11.9 Å². The van der Waals surface area contributed by atoms with Crippen LogP contribution in [0.3, 0.4) is 0 Å². The first kappa shape index (κ1) is 17.1. The van der Waals surface area contributed by atoms with Crippen LogP contribution in [0, 0.1) is 0 Å². The summed E-state index contributed by atoms with van der Waals surface area (Å²) in [6.07, 6.45) is 4.56. The molecule has 0 spiro atoms. The van der Waals surface area contributed by atoms with E-state index in [1.807, 2.05) is 0 Å². The molecule has 2 N–H and O–H groups in total. The molecule has 3 atom stereocenters. The first-order valence-corrected chi connectivity index (χ1v) is 10.3. The summed E-state index contributed by atoms with van der Waals surface area (Å²) in [5.74, 6) is 0.139. The van der Waals surface area contributed by atoms with Gasteiger partial charge in [-0.3, -0.25) is 9.69 Å². The quantitative estimate of drug-likeness (QED) is 0.702. The van der Waals surface area contributed by atoms with E-state index in [4.69, 9.17) is 0 Å². The van der Waals surface area contributed by atoms with Gasteiger partial charge in [-0.05, 0) is 32.1 Å². The van der Waals surface area contributed by atoms with Gasteiger partial charge in [0.1, 0.15) is 0 Å². The summed E-state index contributed by atoms with van der Waals surface area (Å²) in [5.41, 5.74) is 0. The van der Waals surface area contributed by atoms with Crippen molar-refractivity contribution in [3.8, 4) is 0 Å². The van der Waals surface area contributed by atoms with Crippen LogP contribution >= 0.6 is 0 Å². The van der Waals surface area contributed by atoms with Crippen molar-refractivity contribution in [1.82, 2.24) is 14.5 Å². The van der Waals surface area contributed by atoms with Gasteiger partial charge < -0.3 is 10.4 Å². The van der Waals surface area contributed by atoms with Gasteiger partial charge in [0.25, 0.3) is 0 Å². The summed E-state index contributed by atoms with van der Waals surface area (Å²) >= 11 is 0. The second-order valence-corrected chi connectivity index (χ2v) is 9.02. The van der Waals surface area contributed by atoms with Gasteiger partial charge in [-0.2, -0.15) is 0 Å². The minimum Gasteiger partial charge on any atom is -0.392 e. The number of amides is 1. The third-order valence-electron chi connectivity index (χ3n) is 5.28. The van der Waals surface area contributed by atoms with Gasteiger partial charge in [0, 0.05) is 44.7 Å². The number of aliphatic hydroxyl groups excluding tert-OH is 1. The number of hydrogen-bond donors (Lipinski definition) is 2. The maximum absolute atomic E-state index is 12.2. The molecule has 1 amide bonds. The smallest absolute Gasteiger partial charge is 0.221 e. The number of nitrogens with zero attached hydrogens (tertiary/aromatic N) is 2. The van der Waals surface area contributed by atoms with Gasteiger partial charge in [-0.15, -0.1) is 0 Å². The van der Waals surface area contributed by atoms with E-state index >= 15 is 0 Å². The summed E-state index contributed by atoms with van der Waals surface area (Å²) in [7, 11) is -3.12. The Morgan fingerprint density at radius 3 is 2.65 bits per heavy atom. The Hall–Kier alpha value is -0.700.